The van der Waals surface area contributed by atoms with Gasteiger partial charge >= 0.3 is 0 Å². The second-order valence-electron chi connectivity index (χ2n) is 4.40. The van der Waals surface area contributed by atoms with Crippen LogP contribution in [0.25, 0.3) is 0 Å². The minimum Gasteiger partial charge on any atom is -0.395 e. The normalized spacial score (nSPS) is 20.8. The van der Waals surface area contributed by atoms with Crippen molar-refractivity contribution < 1.29 is 9.90 Å². The van der Waals surface area contributed by atoms with Crippen molar-refractivity contribution in [3.05, 3.63) is 0 Å². The number of unbranched alkanes of at least 4 members (excludes halogenated alkanes) is 1. The number of rotatable bonds is 6. The molecule has 0 saturated carbocycles. The lowest BCUT2D eigenvalue weighted by atomic mass is 10.0. The molecule has 94 valence electrons. The van der Waals surface area contributed by atoms with Gasteiger partial charge in [-0.25, -0.2) is 0 Å². The molecule has 1 amide bonds. The summed E-state index contributed by atoms with van der Waals surface area (Å²) in [5.41, 5.74) is 0. The SMILES string of the molecule is CCCCN(CCO)C(=O)[C@H]1CCCCN1. The molecule has 0 unspecified atom stereocenters. The number of amides is 1. The third-order valence-corrected chi connectivity index (χ3v) is 3.07. The lowest BCUT2D eigenvalue weighted by molar-refractivity contribution is -0.134. The third-order valence-electron chi connectivity index (χ3n) is 3.07. The number of nitrogens with one attached hydrogen (secondary N) is 1. The molecular weight excluding hydrogens is 204 g/mol. The van der Waals surface area contributed by atoms with Gasteiger partial charge in [0.15, 0.2) is 0 Å². The summed E-state index contributed by atoms with van der Waals surface area (Å²) < 4.78 is 0. The van der Waals surface area contributed by atoms with E-state index in [-0.39, 0.29) is 18.6 Å². The van der Waals surface area contributed by atoms with E-state index < -0.39 is 0 Å². The summed E-state index contributed by atoms with van der Waals surface area (Å²) in [5, 5.41) is 12.2. The van der Waals surface area contributed by atoms with Gasteiger partial charge in [0.2, 0.25) is 5.91 Å². The highest BCUT2D eigenvalue weighted by Crippen LogP contribution is 2.10. The summed E-state index contributed by atoms with van der Waals surface area (Å²) in [6.07, 6.45) is 5.32. The Morgan fingerprint density at radius 1 is 1.44 bits per heavy atom. The maximum absolute atomic E-state index is 12.1. The molecule has 0 radical (unpaired) electrons. The second-order valence-corrected chi connectivity index (χ2v) is 4.40. The highest BCUT2D eigenvalue weighted by Gasteiger charge is 2.24. The number of carbonyl (C=O) groups excluding carboxylic acids is 1. The van der Waals surface area contributed by atoms with Crippen molar-refractivity contribution in [3.63, 3.8) is 0 Å². The Morgan fingerprint density at radius 2 is 2.25 bits per heavy atom. The van der Waals surface area contributed by atoms with Crippen molar-refractivity contribution in [1.29, 1.82) is 0 Å². The minimum atomic E-state index is -0.0165. The van der Waals surface area contributed by atoms with Crippen molar-refractivity contribution in [1.82, 2.24) is 10.2 Å². The van der Waals surface area contributed by atoms with Crippen LogP contribution >= 0.6 is 0 Å². The molecule has 1 rings (SSSR count). The molecular formula is C12H24N2O2. The van der Waals surface area contributed by atoms with Gasteiger partial charge in [-0.05, 0) is 25.8 Å². The maximum atomic E-state index is 12.1. The van der Waals surface area contributed by atoms with E-state index in [2.05, 4.69) is 12.2 Å². The number of piperidine rings is 1. The van der Waals surface area contributed by atoms with Crippen molar-refractivity contribution in [2.24, 2.45) is 0 Å². The zero-order chi connectivity index (χ0) is 11.8. The van der Waals surface area contributed by atoms with Crippen LogP contribution in [0, 0.1) is 0 Å². The summed E-state index contributed by atoms with van der Waals surface area (Å²) in [7, 11) is 0. The molecule has 1 fully saturated rings. The first-order valence-electron chi connectivity index (χ1n) is 6.42. The Kier molecular flexibility index (Phi) is 6.42. The van der Waals surface area contributed by atoms with Crippen LogP contribution in [-0.2, 0) is 4.79 Å². The monoisotopic (exact) mass is 228 g/mol. The van der Waals surface area contributed by atoms with Gasteiger partial charge in [-0.2, -0.15) is 0 Å². The Labute approximate surface area is 98.0 Å². The first-order chi connectivity index (χ1) is 7.79. The van der Waals surface area contributed by atoms with Crippen LogP contribution in [0.5, 0.6) is 0 Å². The standard InChI is InChI=1S/C12H24N2O2/c1-2-3-8-14(9-10-15)12(16)11-6-4-5-7-13-11/h11,13,15H,2-10H2,1H3/t11-/m1/s1. The van der Waals surface area contributed by atoms with Gasteiger partial charge in [-0.3, -0.25) is 4.79 Å². The molecule has 1 aliphatic heterocycles. The minimum absolute atomic E-state index is 0.0165. The summed E-state index contributed by atoms with van der Waals surface area (Å²) >= 11 is 0. The highest BCUT2D eigenvalue weighted by atomic mass is 16.3. The molecule has 0 spiro atoms. The Morgan fingerprint density at radius 3 is 2.81 bits per heavy atom. The van der Waals surface area contributed by atoms with Crippen LogP contribution in [0.3, 0.4) is 0 Å². The molecule has 0 aromatic heterocycles. The molecule has 1 aliphatic rings. The van der Waals surface area contributed by atoms with Crippen molar-refractivity contribution in [2.45, 2.75) is 45.1 Å². The zero-order valence-electron chi connectivity index (χ0n) is 10.2. The number of nitrogens with zero attached hydrogens (tertiary/aromatic N) is 1. The molecule has 4 heteroatoms. The predicted octanol–water partition coefficient (Wildman–Crippen LogP) is 0.750. The van der Waals surface area contributed by atoms with Crippen LogP contribution < -0.4 is 5.32 Å². The third kappa shape index (κ3) is 4.10. The van der Waals surface area contributed by atoms with Crippen LogP contribution in [0.4, 0.5) is 0 Å². The van der Waals surface area contributed by atoms with Gasteiger partial charge in [-0.1, -0.05) is 19.8 Å². The summed E-state index contributed by atoms with van der Waals surface area (Å²) in [6, 6.07) is -0.0165. The van der Waals surface area contributed by atoms with Gasteiger partial charge in [0.1, 0.15) is 0 Å². The number of hydrogen-bond donors (Lipinski definition) is 2. The lowest BCUT2D eigenvalue weighted by Crippen LogP contribution is -2.49. The molecule has 16 heavy (non-hydrogen) atoms. The van der Waals surface area contributed by atoms with Gasteiger partial charge < -0.3 is 15.3 Å². The smallest absolute Gasteiger partial charge is 0.239 e. The van der Waals surface area contributed by atoms with Crippen molar-refractivity contribution in [3.8, 4) is 0 Å². The molecule has 2 N–H and O–H groups in total. The average molecular weight is 228 g/mol. The molecule has 1 heterocycles. The lowest BCUT2D eigenvalue weighted by Gasteiger charge is -2.29. The van der Waals surface area contributed by atoms with Gasteiger partial charge in [0.05, 0.1) is 12.6 Å². The van der Waals surface area contributed by atoms with E-state index in [0.29, 0.717) is 6.54 Å². The van der Waals surface area contributed by atoms with E-state index in [1.54, 1.807) is 4.90 Å². The summed E-state index contributed by atoms with van der Waals surface area (Å²) in [6.45, 7) is 4.35. The molecule has 0 aromatic carbocycles. The van der Waals surface area contributed by atoms with E-state index in [0.717, 1.165) is 38.8 Å². The average Bonchev–Trinajstić information content (AvgIpc) is 2.35. The van der Waals surface area contributed by atoms with E-state index in [4.69, 9.17) is 5.11 Å². The maximum Gasteiger partial charge on any atom is 0.239 e. The van der Waals surface area contributed by atoms with Crippen molar-refractivity contribution >= 4 is 5.91 Å². The number of carbonyl (C=O) groups is 1. The molecule has 4 nitrogen and oxygen atoms in total. The van der Waals surface area contributed by atoms with Crippen molar-refractivity contribution in [2.75, 3.05) is 26.2 Å². The van der Waals surface area contributed by atoms with E-state index in [9.17, 15) is 4.79 Å². The largest absolute Gasteiger partial charge is 0.395 e. The van der Waals surface area contributed by atoms with Crippen LogP contribution in [0.15, 0.2) is 0 Å². The van der Waals surface area contributed by atoms with Gasteiger partial charge in [0.25, 0.3) is 0 Å². The number of aliphatic hydroxyl groups is 1. The quantitative estimate of drug-likeness (QED) is 0.705. The molecule has 1 atom stereocenters. The summed E-state index contributed by atoms with van der Waals surface area (Å²) in [4.78, 5) is 13.9. The fourth-order valence-electron chi connectivity index (χ4n) is 2.08. The highest BCUT2D eigenvalue weighted by molar-refractivity contribution is 5.82. The van der Waals surface area contributed by atoms with Gasteiger partial charge in [-0.15, -0.1) is 0 Å². The fourth-order valence-corrected chi connectivity index (χ4v) is 2.08. The Balaban J connectivity index is 2.44. The zero-order valence-corrected chi connectivity index (χ0v) is 10.2. The summed E-state index contributed by atoms with van der Waals surface area (Å²) in [5.74, 6) is 0.169. The fraction of sp³-hybridized carbons (Fsp3) is 0.917. The molecule has 0 aliphatic carbocycles. The van der Waals surface area contributed by atoms with Crippen LogP contribution in [0.1, 0.15) is 39.0 Å². The van der Waals surface area contributed by atoms with E-state index >= 15 is 0 Å². The van der Waals surface area contributed by atoms with E-state index in [1.807, 2.05) is 0 Å². The first-order valence-corrected chi connectivity index (χ1v) is 6.42. The van der Waals surface area contributed by atoms with Gasteiger partial charge in [0, 0.05) is 13.1 Å². The first kappa shape index (κ1) is 13.5. The predicted molar refractivity (Wildman–Crippen MR) is 64.2 cm³/mol. The number of hydrogen-bond acceptors (Lipinski definition) is 3. The van der Waals surface area contributed by atoms with E-state index in [1.165, 1.54) is 6.42 Å². The van der Waals surface area contributed by atoms with Crippen LogP contribution in [0.2, 0.25) is 0 Å². The van der Waals surface area contributed by atoms with Crippen LogP contribution in [-0.4, -0.2) is 48.2 Å². The molecule has 0 bridgehead atoms. The number of aliphatic hydroxyl groups excluding tert-OH is 1. The molecule has 1 saturated heterocycles. The second kappa shape index (κ2) is 7.63. The topological polar surface area (TPSA) is 52.6 Å². The molecule has 0 aromatic rings. The Bertz CT molecular complexity index is 203. The Hall–Kier alpha value is -0.610.